The molecule has 15 heavy (non-hydrogen) atoms. The fourth-order valence-corrected chi connectivity index (χ4v) is 1.56. The Bertz CT molecular complexity index is 434. The van der Waals surface area contributed by atoms with E-state index < -0.39 is 0 Å². The number of hydrogen-bond acceptors (Lipinski definition) is 4. The lowest BCUT2D eigenvalue weighted by atomic mass is 10.1. The Hall–Kier alpha value is -1.91. The molecule has 0 unspecified atom stereocenters. The third kappa shape index (κ3) is 1.81. The van der Waals surface area contributed by atoms with Crippen molar-refractivity contribution in [2.45, 2.75) is 19.8 Å². The number of nitrogens with zero attached hydrogens (tertiary/aromatic N) is 3. The average Bonchev–Trinajstić information content (AvgIpc) is 2.63. The molecule has 0 atom stereocenters. The standard InChI is InChI=1S/C10H13N5/c1-2-3-8-9(14-15-10(8)11)7-4-5-12-13-6-7/h4-6H,2-3H2,1H3,(H3,11,14,15). The Morgan fingerprint density at radius 2 is 2.27 bits per heavy atom. The van der Waals surface area contributed by atoms with Crippen LogP contribution in [0.4, 0.5) is 5.82 Å². The van der Waals surface area contributed by atoms with E-state index in [1.54, 1.807) is 12.4 Å². The fourth-order valence-electron chi connectivity index (χ4n) is 1.56. The Morgan fingerprint density at radius 3 is 2.93 bits per heavy atom. The van der Waals surface area contributed by atoms with Gasteiger partial charge < -0.3 is 5.73 Å². The first kappa shape index (κ1) is 9.64. The third-order valence-electron chi connectivity index (χ3n) is 2.27. The topological polar surface area (TPSA) is 80.5 Å². The number of nitrogens with one attached hydrogen (secondary N) is 1. The van der Waals surface area contributed by atoms with Gasteiger partial charge in [0, 0.05) is 11.1 Å². The van der Waals surface area contributed by atoms with Gasteiger partial charge in [-0.3, -0.25) is 5.10 Å². The molecule has 0 saturated carbocycles. The Kier molecular flexibility index (Phi) is 2.62. The molecule has 0 radical (unpaired) electrons. The summed E-state index contributed by atoms with van der Waals surface area (Å²) in [6.07, 6.45) is 5.31. The molecule has 0 fully saturated rings. The molecular formula is C10H13N5. The van der Waals surface area contributed by atoms with Gasteiger partial charge in [-0.25, -0.2) is 0 Å². The molecule has 0 spiro atoms. The number of rotatable bonds is 3. The molecule has 2 rings (SSSR count). The minimum absolute atomic E-state index is 0.573. The van der Waals surface area contributed by atoms with Gasteiger partial charge in [0.1, 0.15) is 5.82 Å². The maximum Gasteiger partial charge on any atom is 0.149 e. The van der Waals surface area contributed by atoms with E-state index >= 15 is 0 Å². The van der Waals surface area contributed by atoms with Crippen LogP contribution in [0.15, 0.2) is 18.5 Å². The second kappa shape index (κ2) is 4.08. The van der Waals surface area contributed by atoms with Crippen LogP contribution in [0.3, 0.4) is 0 Å². The van der Waals surface area contributed by atoms with E-state index in [9.17, 15) is 0 Å². The molecule has 0 aliphatic heterocycles. The van der Waals surface area contributed by atoms with Crippen LogP contribution < -0.4 is 5.73 Å². The predicted molar refractivity (Wildman–Crippen MR) is 58.0 cm³/mol. The molecule has 0 amide bonds. The van der Waals surface area contributed by atoms with Gasteiger partial charge >= 0.3 is 0 Å². The quantitative estimate of drug-likeness (QED) is 0.790. The average molecular weight is 203 g/mol. The maximum absolute atomic E-state index is 5.79. The van der Waals surface area contributed by atoms with E-state index in [2.05, 4.69) is 27.3 Å². The van der Waals surface area contributed by atoms with Crippen molar-refractivity contribution in [3.05, 3.63) is 24.0 Å². The van der Waals surface area contributed by atoms with Crippen molar-refractivity contribution in [2.24, 2.45) is 0 Å². The molecule has 3 N–H and O–H groups in total. The van der Waals surface area contributed by atoms with Crippen LogP contribution >= 0.6 is 0 Å². The maximum atomic E-state index is 5.79. The molecule has 0 aliphatic carbocycles. The minimum Gasteiger partial charge on any atom is -0.382 e. The summed E-state index contributed by atoms with van der Waals surface area (Å²) in [7, 11) is 0. The first-order valence-electron chi connectivity index (χ1n) is 4.92. The van der Waals surface area contributed by atoms with E-state index in [4.69, 9.17) is 5.73 Å². The van der Waals surface area contributed by atoms with Crippen molar-refractivity contribution >= 4 is 5.82 Å². The third-order valence-corrected chi connectivity index (χ3v) is 2.27. The van der Waals surface area contributed by atoms with Crippen molar-refractivity contribution in [3.8, 4) is 11.3 Å². The van der Waals surface area contributed by atoms with Crippen molar-refractivity contribution in [1.29, 1.82) is 0 Å². The van der Waals surface area contributed by atoms with Crippen LogP contribution in [-0.2, 0) is 6.42 Å². The molecule has 5 heteroatoms. The number of hydrogen-bond donors (Lipinski definition) is 2. The molecule has 0 aromatic carbocycles. The molecule has 0 aliphatic rings. The largest absolute Gasteiger partial charge is 0.382 e. The summed E-state index contributed by atoms with van der Waals surface area (Å²) in [6.45, 7) is 2.11. The molecule has 2 aromatic heterocycles. The zero-order valence-corrected chi connectivity index (χ0v) is 8.57. The molecule has 0 bridgehead atoms. The first-order chi connectivity index (χ1) is 7.33. The summed E-state index contributed by atoms with van der Waals surface area (Å²) in [5.74, 6) is 0.573. The summed E-state index contributed by atoms with van der Waals surface area (Å²) < 4.78 is 0. The summed E-state index contributed by atoms with van der Waals surface area (Å²) in [6, 6.07) is 1.89. The van der Waals surface area contributed by atoms with Crippen molar-refractivity contribution in [3.63, 3.8) is 0 Å². The summed E-state index contributed by atoms with van der Waals surface area (Å²) in [4.78, 5) is 0. The summed E-state index contributed by atoms with van der Waals surface area (Å²) in [5, 5.41) is 14.5. The Labute approximate surface area is 87.7 Å². The van der Waals surface area contributed by atoms with E-state index in [0.717, 1.165) is 29.7 Å². The van der Waals surface area contributed by atoms with E-state index in [-0.39, 0.29) is 0 Å². The highest BCUT2D eigenvalue weighted by Crippen LogP contribution is 2.25. The Balaban J connectivity index is 2.44. The zero-order chi connectivity index (χ0) is 10.7. The first-order valence-corrected chi connectivity index (χ1v) is 4.92. The van der Waals surface area contributed by atoms with Crippen molar-refractivity contribution < 1.29 is 0 Å². The highest BCUT2D eigenvalue weighted by atomic mass is 15.2. The van der Waals surface area contributed by atoms with Crippen LogP contribution in [0, 0.1) is 0 Å². The van der Waals surface area contributed by atoms with Gasteiger partial charge in [-0.05, 0) is 12.5 Å². The lowest BCUT2D eigenvalue weighted by Crippen LogP contribution is -1.93. The fraction of sp³-hybridized carbons (Fsp3) is 0.300. The number of anilines is 1. The van der Waals surface area contributed by atoms with Gasteiger partial charge in [0.25, 0.3) is 0 Å². The van der Waals surface area contributed by atoms with Gasteiger partial charge in [-0.15, -0.1) is 0 Å². The van der Waals surface area contributed by atoms with E-state index in [1.807, 2.05) is 6.07 Å². The number of aromatic nitrogens is 4. The highest BCUT2D eigenvalue weighted by Gasteiger charge is 2.11. The van der Waals surface area contributed by atoms with Gasteiger partial charge in [-0.1, -0.05) is 13.3 Å². The smallest absolute Gasteiger partial charge is 0.149 e. The number of nitrogen functional groups attached to an aromatic ring is 1. The van der Waals surface area contributed by atoms with Gasteiger partial charge in [0.15, 0.2) is 0 Å². The zero-order valence-electron chi connectivity index (χ0n) is 8.57. The second-order valence-corrected chi connectivity index (χ2v) is 3.34. The van der Waals surface area contributed by atoms with E-state index in [0.29, 0.717) is 5.82 Å². The lowest BCUT2D eigenvalue weighted by Gasteiger charge is -2.01. The summed E-state index contributed by atoms with van der Waals surface area (Å²) in [5.41, 5.74) is 8.77. The molecule has 5 nitrogen and oxygen atoms in total. The minimum atomic E-state index is 0.573. The van der Waals surface area contributed by atoms with Crippen LogP contribution in [0.5, 0.6) is 0 Å². The summed E-state index contributed by atoms with van der Waals surface area (Å²) >= 11 is 0. The molecule has 0 saturated heterocycles. The lowest BCUT2D eigenvalue weighted by molar-refractivity contribution is 0.926. The number of aromatic amines is 1. The SMILES string of the molecule is CCCc1c(N)n[nH]c1-c1ccnnc1. The molecule has 2 heterocycles. The normalized spacial score (nSPS) is 10.5. The van der Waals surface area contributed by atoms with Crippen molar-refractivity contribution in [1.82, 2.24) is 20.4 Å². The predicted octanol–water partition coefficient (Wildman–Crippen LogP) is 1.40. The van der Waals surface area contributed by atoms with Crippen LogP contribution in [-0.4, -0.2) is 20.4 Å². The van der Waals surface area contributed by atoms with Crippen LogP contribution in [0.25, 0.3) is 11.3 Å². The van der Waals surface area contributed by atoms with Gasteiger partial charge in [0.05, 0.1) is 18.1 Å². The van der Waals surface area contributed by atoms with Crippen molar-refractivity contribution in [2.75, 3.05) is 5.73 Å². The monoisotopic (exact) mass is 203 g/mol. The molecular weight excluding hydrogens is 190 g/mol. The van der Waals surface area contributed by atoms with Gasteiger partial charge in [0.2, 0.25) is 0 Å². The van der Waals surface area contributed by atoms with Gasteiger partial charge in [-0.2, -0.15) is 15.3 Å². The van der Waals surface area contributed by atoms with E-state index in [1.165, 1.54) is 0 Å². The highest BCUT2D eigenvalue weighted by molar-refractivity contribution is 5.66. The van der Waals surface area contributed by atoms with Crippen LogP contribution in [0.2, 0.25) is 0 Å². The number of H-pyrrole nitrogens is 1. The Morgan fingerprint density at radius 1 is 1.40 bits per heavy atom. The molecule has 2 aromatic rings. The second-order valence-electron chi connectivity index (χ2n) is 3.34. The van der Waals surface area contributed by atoms with Crippen LogP contribution in [0.1, 0.15) is 18.9 Å². The molecule has 78 valence electrons. The number of nitrogens with two attached hydrogens (primary N) is 1.